The van der Waals surface area contributed by atoms with Crippen LogP contribution >= 0.6 is 0 Å². The molecule has 5 nitrogen and oxygen atoms in total. The van der Waals surface area contributed by atoms with Crippen LogP contribution in [0.1, 0.15) is 24.9 Å². The molecule has 2 atom stereocenters. The minimum absolute atomic E-state index is 0.385. The molecule has 0 aliphatic carbocycles. The number of piperazine rings is 1. The lowest BCUT2D eigenvalue weighted by atomic mass is 10.0. The molecule has 0 bridgehead atoms. The van der Waals surface area contributed by atoms with E-state index in [1.807, 2.05) is 0 Å². The molecule has 0 saturated carbocycles. The van der Waals surface area contributed by atoms with E-state index in [-0.39, 0.29) is 5.82 Å². The highest BCUT2D eigenvalue weighted by atomic mass is 19.3. The van der Waals surface area contributed by atoms with Crippen molar-refractivity contribution < 1.29 is 18.0 Å². The highest BCUT2D eigenvalue weighted by Crippen LogP contribution is 2.29. The highest BCUT2D eigenvalue weighted by Gasteiger charge is 2.42. The molecule has 8 heteroatoms. The minimum atomic E-state index is -2.87. The molecule has 0 spiro atoms. The predicted octanol–water partition coefficient (Wildman–Crippen LogP) is 1.75. The molecule has 0 radical (unpaired) electrons. The molecule has 2 unspecified atom stereocenters. The van der Waals surface area contributed by atoms with Gasteiger partial charge >= 0.3 is 0 Å². The molecule has 26 heavy (non-hydrogen) atoms. The summed E-state index contributed by atoms with van der Waals surface area (Å²) in [4.78, 5) is 16.7. The zero-order chi connectivity index (χ0) is 18.9. The minimum Gasteiger partial charge on any atom is -0.369 e. The number of rotatable bonds is 4. The second-order valence-corrected chi connectivity index (χ2v) is 7.22. The molecule has 2 heterocycles. The summed E-state index contributed by atoms with van der Waals surface area (Å²) in [6, 6.07) is 3.14. The van der Waals surface area contributed by atoms with Crippen molar-refractivity contribution in [3.8, 4) is 0 Å². The van der Waals surface area contributed by atoms with Crippen molar-refractivity contribution in [1.29, 1.82) is 0 Å². The summed E-state index contributed by atoms with van der Waals surface area (Å²) in [5, 5.41) is 5.30. The maximum atomic E-state index is 13.8. The van der Waals surface area contributed by atoms with Crippen molar-refractivity contribution in [1.82, 2.24) is 15.5 Å². The summed E-state index contributed by atoms with van der Waals surface area (Å²) in [6.45, 7) is 4.68. The van der Waals surface area contributed by atoms with E-state index >= 15 is 0 Å². The van der Waals surface area contributed by atoms with Gasteiger partial charge in [0.1, 0.15) is 5.82 Å². The Bertz CT molecular complexity index is 662. The molecule has 1 amide bonds. The van der Waals surface area contributed by atoms with Crippen LogP contribution in [-0.2, 0) is 4.79 Å². The second-order valence-electron chi connectivity index (χ2n) is 7.22. The molecule has 1 aromatic carbocycles. The van der Waals surface area contributed by atoms with Crippen molar-refractivity contribution in [2.75, 3.05) is 44.7 Å². The first-order chi connectivity index (χ1) is 12.2. The number of hydrogen-bond acceptors (Lipinski definition) is 4. The summed E-state index contributed by atoms with van der Waals surface area (Å²) < 4.78 is 40.4. The number of likely N-dealkylation sites (N-methyl/N-ethyl adjacent to an activating group) is 1. The monoisotopic (exact) mass is 370 g/mol. The van der Waals surface area contributed by atoms with Gasteiger partial charge in [0.2, 0.25) is 5.91 Å². The number of carbonyl (C=O) groups is 1. The van der Waals surface area contributed by atoms with E-state index in [0.29, 0.717) is 5.56 Å². The molecule has 2 N–H and O–H groups in total. The molecular formula is C18H25F3N4O. The summed E-state index contributed by atoms with van der Waals surface area (Å²) >= 11 is 0. The number of anilines is 1. The smallest absolute Gasteiger partial charge is 0.262 e. The standard InChI is InChI=1S/C18H25F3N4O/c1-12(23-17(26)15-10-18(20,21)11-22-15)14-9-13(19)3-4-16(14)25-7-5-24(2)6-8-25/h3-4,9,12,15,22H,5-8,10-11H2,1-2H3,(H,23,26). The molecule has 2 aliphatic heterocycles. The van der Waals surface area contributed by atoms with Crippen LogP contribution in [0.3, 0.4) is 0 Å². The first kappa shape index (κ1) is 19.0. The number of nitrogens with one attached hydrogen (secondary N) is 2. The third kappa shape index (κ3) is 4.29. The van der Waals surface area contributed by atoms with Gasteiger partial charge in [-0.25, -0.2) is 13.2 Å². The van der Waals surface area contributed by atoms with Crippen LogP contribution in [0.4, 0.5) is 18.9 Å². The Balaban J connectivity index is 1.73. The lowest BCUT2D eigenvalue weighted by Crippen LogP contribution is -2.45. The second kappa shape index (κ2) is 7.44. The normalized spacial score (nSPS) is 24.5. The molecule has 2 saturated heterocycles. The van der Waals surface area contributed by atoms with Gasteiger partial charge in [-0.15, -0.1) is 0 Å². The van der Waals surface area contributed by atoms with Gasteiger partial charge in [0.15, 0.2) is 0 Å². The third-order valence-corrected chi connectivity index (χ3v) is 5.09. The Morgan fingerprint density at radius 1 is 1.31 bits per heavy atom. The maximum absolute atomic E-state index is 13.8. The quantitative estimate of drug-likeness (QED) is 0.848. The fourth-order valence-corrected chi connectivity index (χ4v) is 3.50. The lowest BCUT2D eigenvalue weighted by Gasteiger charge is -2.36. The van der Waals surface area contributed by atoms with Gasteiger partial charge in [0.05, 0.1) is 18.6 Å². The average Bonchev–Trinajstić information content (AvgIpc) is 2.96. The van der Waals surface area contributed by atoms with Crippen LogP contribution in [0.5, 0.6) is 0 Å². The van der Waals surface area contributed by atoms with Crippen molar-refractivity contribution in [3.63, 3.8) is 0 Å². The highest BCUT2D eigenvalue weighted by molar-refractivity contribution is 5.83. The van der Waals surface area contributed by atoms with Crippen molar-refractivity contribution in [2.45, 2.75) is 31.4 Å². The number of hydrogen-bond donors (Lipinski definition) is 2. The number of benzene rings is 1. The number of halogens is 3. The maximum Gasteiger partial charge on any atom is 0.262 e. The van der Waals surface area contributed by atoms with E-state index in [9.17, 15) is 18.0 Å². The first-order valence-electron chi connectivity index (χ1n) is 8.90. The Labute approximate surface area is 151 Å². The zero-order valence-corrected chi connectivity index (χ0v) is 15.1. The van der Waals surface area contributed by atoms with E-state index < -0.39 is 36.9 Å². The average molecular weight is 370 g/mol. The van der Waals surface area contributed by atoms with Gasteiger partial charge in [-0.05, 0) is 32.2 Å². The summed E-state index contributed by atoms with van der Waals surface area (Å²) in [5.74, 6) is -3.73. The van der Waals surface area contributed by atoms with Crippen molar-refractivity contribution in [2.24, 2.45) is 0 Å². The van der Waals surface area contributed by atoms with E-state index in [1.165, 1.54) is 12.1 Å². The van der Waals surface area contributed by atoms with Gasteiger partial charge in [0.25, 0.3) is 5.92 Å². The van der Waals surface area contributed by atoms with Crippen LogP contribution in [0.25, 0.3) is 0 Å². The Hall–Kier alpha value is -1.80. The van der Waals surface area contributed by atoms with Crippen LogP contribution in [-0.4, -0.2) is 62.5 Å². The van der Waals surface area contributed by atoms with E-state index in [0.717, 1.165) is 31.9 Å². The SMILES string of the molecule is CC(NC(=O)C1CC(F)(F)CN1)c1cc(F)ccc1N1CCN(C)CC1. The van der Waals surface area contributed by atoms with Gasteiger partial charge in [-0.1, -0.05) is 0 Å². The van der Waals surface area contributed by atoms with Crippen LogP contribution in [0, 0.1) is 5.82 Å². The van der Waals surface area contributed by atoms with E-state index in [2.05, 4.69) is 27.5 Å². The third-order valence-electron chi connectivity index (χ3n) is 5.09. The Morgan fingerprint density at radius 3 is 2.62 bits per heavy atom. The van der Waals surface area contributed by atoms with E-state index in [4.69, 9.17) is 0 Å². The molecule has 144 valence electrons. The fourth-order valence-electron chi connectivity index (χ4n) is 3.50. The van der Waals surface area contributed by atoms with Gasteiger partial charge < -0.3 is 15.1 Å². The van der Waals surface area contributed by atoms with Crippen molar-refractivity contribution in [3.05, 3.63) is 29.6 Å². The summed E-state index contributed by atoms with van der Waals surface area (Å²) in [5.41, 5.74) is 1.53. The topological polar surface area (TPSA) is 47.6 Å². The fraction of sp³-hybridized carbons (Fsp3) is 0.611. The molecule has 0 aromatic heterocycles. The molecule has 2 aliphatic rings. The number of alkyl halides is 2. The number of carbonyl (C=O) groups excluding carboxylic acids is 1. The van der Waals surface area contributed by atoms with Crippen molar-refractivity contribution >= 4 is 11.6 Å². The van der Waals surface area contributed by atoms with Gasteiger partial charge in [-0.2, -0.15) is 0 Å². The van der Waals surface area contributed by atoms with Gasteiger partial charge in [0, 0.05) is 43.9 Å². The van der Waals surface area contributed by atoms with E-state index in [1.54, 1.807) is 13.0 Å². The molecule has 1 aromatic rings. The Kier molecular flexibility index (Phi) is 5.43. The van der Waals surface area contributed by atoms with Crippen LogP contribution in [0.2, 0.25) is 0 Å². The molecule has 3 rings (SSSR count). The largest absolute Gasteiger partial charge is 0.369 e. The van der Waals surface area contributed by atoms with Crippen LogP contribution in [0.15, 0.2) is 18.2 Å². The van der Waals surface area contributed by atoms with Gasteiger partial charge in [-0.3, -0.25) is 10.1 Å². The zero-order valence-electron chi connectivity index (χ0n) is 15.1. The molecular weight excluding hydrogens is 345 g/mol. The number of nitrogens with zero attached hydrogens (tertiary/aromatic N) is 2. The van der Waals surface area contributed by atoms with Crippen LogP contribution < -0.4 is 15.5 Å². The number of amides is 1. The summed E-state index contributed by atoms with van der Waals surface area (Å²) in [6.07, 6.45) is -0.514. The molecule has 2 fully saturated rings. The predicted molar refractivity (Wildman–Crippen MR) is 94.0 cm³/mol. The first-order valence-corrected chi connectivity index (χ1v) is 8.90. The summed E-state index contributed by atoms with van der Waals surface area (Å²) in [7, 11) is 2.05. The Morgan fingerprint density at radius 2 is 2.00 bits per heavy atom. The lowest BCUT2D eigenvalue weighted by molar-refractivity contribution is -0.124.